The van der Waals surface area contributed by atoms with E-state index in [1.807, 2.05) is 32.9 Å². The number of carbonyl (C=O) groups excluding carboxylic acids is 1. The van der Waals surface area contributed by atoms with Crippen LogP contribution >= 0.6 is 27.7 Å². The number of rotatable bonds is 8. The molecule has 4 nitrogen and oxygen atoms in total. The SMILES string of the molecule is CCOC(=O)C(CCSc1ncccc1Br)NC(C)C. The van der Waals surface area contributed by atoms with Gasteiger partial charge in [0.2, 0.25) is 0 Å². The second-order valence-electron chi connectivity index (χ2n) is 4.55. The smallest absolute Gasteiger partial charge is 0.323 e. The summed E-state index contributed by atoms with van der Waals surface area (Å²) in [6, 6.07) is 3.83. The van der Waals surface area contributed by atoms with Gasteiger partial charge >= 0.3 is 5.97 Å². The Balaban J connectivity index is 2.49. The van der Waals surface area contributed by atoms with Crippen molar-refractivity contribution >= 4 is 33.7 Å². The molecule has 0 aromatic carbocycles. The summed E-state index contributed by atoms with van der Waals surface area (Å²) in [6.45, 7) is 6.28. The molecule has 1 aromatic rings. The minimum Gasteiger partial charge on any atom is -0.465 e. The number of thioether (sulfide) groups is 1. The van der Waals surface area contributed by atoms with Crippen molar-refractivity contribution in [2.24, 2.45) is 0 Å². The van der Waals surface area contributed by atoms with Gasteiger partial charge in [-0.3, -0.25) is 4.79 Å². The van der Waals surface area contributed by atoms with Gasteiger partial charge in [0, 0.05) is 22.5 Å². The van der Waals surface area contributed by atoms with Crippen molar-refractivity contribution in [3.8, 4) is 0 Å². The number of nitrogens with one attached hydrogen (secondary N) is 1. The molecule has 0 spiro atoms. The van der Waals surface area contributed by atoms with Crippen LogP contribution in [0, 0.1) is 0 Å². The number of aromatic nitrogens is 1. The minimum absolute atomic E-state index is 0.179. The molecule has 0 aliphatic heterocycles. The van der Waals surface area contributed by atoms with Crippen molar-refractivity contribution in [3.05, 3.63) is 22.8 Å². The van der Waals surface area contributed by atoms with E-state index in [-0.39, 0.29) is 18.1 Å². The van der Waals surface area contributed by atoms with Gasteiger partial charge in [0.05, 0.1) is 6.61 Å². The Labute approximate surface area is 133 Å². The van der Waals surface area contributed by atoms with Gasteiger partial charge < -0.3 is 10.1 Å². The van der Waals surface area contributed by atoms with Gasteiger partial charge in [-0.1, -0.05) is 13.8 Å². The largest absolute Gasteiger partial charge is 0.465 e. The zero-order valence-electron chi connectivity index (χ0n) is 12.1. The minimum atomic E-state index is -0.259. The molecule has 20 heavy (non-hydrogen) atoms. The first-order valence-electron chi connectivity index (χ1n) is 6.70. The topological polar surface area (TPSA) is 51.2 Å². The average molecular weight is 361 g/mol. The monoisotopic (exact) mass is 360 g/mol. The Hall–Kier alpha value is -0.590. The highest BCUT2D eigenvalue weighted by atomic mass is 79.9. The molecule has 0 amide bonds. The number of nitrogens with zero attached hydrogens (tertiary/aromatic N) is 1. The van der Waals surface area contributed by atoms with E-state index in [9.17, 15) is 4.79 Å². The molecule has 1 atom stereocenters. The Morgan fingerprint density at radius 2 is 2.30 bits per heavy atom. The molecular weight excluding hydrogens is 340 g/mol. The lowest BCUT2D eigenvalue weighted by Crippen LogP contribution is -2.42. The van der Waals surface area contributed by atoms with E-state index in [1.54, 1.807) is 18.0 Å². The van der Waals surface area contributed by atoms with Crippen LogP contribution in [0.15, 0.2) is 27.8 Å². The van der Waals surface area contributed by atoms with E-state index in [0.717, 1.165) is 15.3 Å². The van der Waals surface area contributed by atoms with Crippen molar-refractivity contribution in [2.75, 3.05) is 12.4 Å². The van der Waals surface area contributed by atoms with Crippen molar-refractivity contribution in [1.29, 1.82) is 0 Å². The summed E-state index contributed by atoms with van der Waals surface area (Å²) in [5.41, 5.74) is 0. The molecule has 112 valence electrons. The Morgan fingerprint density at radius 3 is 2.90 bits per heavy atom. The Kier molecular flexibility index (Phi) is 8.18. The van der Waals surface area contributed by atoms with Gasteiger partial charge in [0.1, 0.15) is 11.1 Å². The molecule has 1 unspecified atom stereocenters. The normalized spacial score (nSPS) is 12.4. The summed E-state index contributed by atoms with van der Waals surface area (Å²) in [4.78, 5) is 16.2. The van der Waals surface area contributed by atoms with Crippen LogP contribution in [-0.2, 0) is 9.53 Å². The second kappa shape index (κ2) is 9.37. The van der Waals surface area contributed by atoms with Crippen molar-refractivity contribution in [2.45, 2.75) is 44.3 Å². The molecule has 0 bridgehead atoms. The number of halogens is 1. The first kappa shape index (κ1) is 17.5. The van der Waals surface area contributed by atoms with Crippen LogP contribution in [0.1, 0.15) is 27.2 Å². The van der Waals surface area contributed by atoms with E-state index >= 15 is 0 Å². The number of esters is 1. The summed E-state index contributed by atoms with van der Waals surface area (Å²) in [7, 11) is 0. The number of hydrogen-bond acceptors (Lipinski definition) is 5. The lowest BCUT2D eigenvalue weighted by Gasteiger charge is -2.19. The first-order chi connectivity index (χ1) is 9.54. The summed E-state index contributed by atoms with van der Waals surface area (Å²) in [6.07, 6.45) is 2.48. The lowest BCUT2D eigenvalue weighted by molar-refractivity contribution is -0.145. The summed E-state index contributed by atoms with van der Waals surface area (Å²) < 4.78 is 6.08. The number of pyridine rings is 1. The van der Waals surface area contributed by atoms with Gasteiger partial charge in [-0.25, -0.2) is 4.98 Å². The van der Waals surface area contributed by atoms with E-state index in [1.165, 1.54) is 0 Å². The Morgan fingerprint density at radius 1 is 1.55 bits per heavy atom. The molecule has 1 heterocycles. The third-order valence-electron chi connectivity index (χ3n) is 2.48. The molecule has 0 aliphatic carbocycles. The lowest BCUT2D eigenvalue weighted by atomic mass is 10.2. The highest BCUT2D eigenvalue weighted by Crippen LogP contribution is 2.25. The first-order valence-corrected chi connectivity index (χ1v) is 8.48. The van der Waals surface area contributed by atoms with Crippen LogP contribution in [0.4, 0.5) is 0 Å². The highest BCUT2D eigenvalue weighted by molar-refractivity contribution is 9.10. The molecular formula is C14H21BrN2O2S. The van der Waals surface area contributed by atoms with Gasteiger partial charge in [-0.2, -0.15) is 0 Å². The van der Waals surface area contributed by atoms with Crippen LogP contribution in [0.25, 0.3) is 0 Å². The van der Waals surface area contributed by atoms with Gasteiger partial charge in [-0.05, 0) is 41.4 Å². The molecule has 1 rings (SSSR count). The number of carbonyl (C=O) groups is 1. The van der Waals surface area contributed by atoms with Crippen molar-refractivity contribution in [3.63, 3.8) is 0 Å². The molecule has 0 saturated heterocycles. The van der Waals surface area contributed by atoms with Crippen LogP contribution in [0.3, 0.4) is 0 Å². The summed E-state index contributed by atoms with van der Waals surface area (Å²) in [5.74, 6) is 0.626. The maximum Gasteiger partial charge on any atom is 0.323 e. The fraction of sp³-hybridized carbons (Fsp3) is 0.571. The van der Waals surface area contributed by atoms with Crippen molar-refractivity contribution in [1.82, 2.24) is 10.3 Å². The fourth-order valence-electron chi connectivity index (χ4n) is 1.67. The zero-order valence-corrected chi connectivity index (χ0v) is 14.5. The number of ether oxygens (including phenoxy) is 1. The van der Waals surface area contributed by atoms with Crippen LogP contribution in [0.2, 0.25) is 0 Å². The van der Waals surface area contributed by atoms with E-state index in [0.29, 0.717) is 13.0 Å². The average Bonchev–Trinajstić information content (AvgIpc) is 2.39. The van der Waals surface area contributed by atoms with Gasteiger partial charge in [-0.15, -0.1) is 11.8 Å². The maximum absolute atomic E-state index is 11.9. The van der Waals surface area contributed by atoms with E-state index in [2.05, 4.69) is 26.2 Å². The van der Waals surface area contributed by atoms with Crippen LogP contribution in [-0.4, -0.2) is 35.4 Å². The second-order valence-corrected chi connectivity index (χ2v) is 6.49. The summed E-state index contributed by atoms with van der Waals surface area (Å²) >= 11 is 5.10. The molecule has 1 N–H and O–H groups in total. The predicted octanol–water partition coefficient (Wildman–Crippen LogP) is 3.26. The van der Waals surface area contributed by atoms with Crippen molar-refractivity contribution < 1.29 is 9.53 Å². The van der Waals surface area contributed by atoms with E-state index in [4.69, 9.17) is 4.74 Å². The van der Waals surface area contributed by atoms with Gasteiger partial charge in [0.15, 0.2) is 0 Å². The number of hydrogen-bond donors (Lipinski definition) is 1. The van der Waals surface area contributed by atoms with Crippen LogP contribution < -0.4 is 5.32 Å². The quantitative estimate of drug-likeness (QED) is 0.569. The predicted molar refractivity (Wildman–Crippen MR) is 86.0 cm³/mol. The van der Waals surface area contributed by atoms with Crippen LogP contribution in [0.5, 0.6) is 0 Å². The third-order valence-corrected chi connectivity index (χ3v) is 4.42. The maximum atomic E-state index is 11.9. The standard InChI is InChI=1S/C14H21BrN2O2S/c1-4-19-14(18)12(17-10(2)3)7-9-20-13-11(15)6-5-8-16-13/h5-6,8,10,12,17H,4,7,9H2,1-3H3. The molecule has 6 heteroatoms. The zero-order chi connectivity index (χ0) is 15.0. The third kappa shape index (κ3) is 6.24. The molecule has 0 saturated carbocycles. The van der Waals surface area contributed by atoms with Gasteiger partial charge in [0.25, 0.3) is 0 Å². The molecule has 0 fully saturated rings. The van der Waals surface area contributed by atoms with E-state index < -0.39 is 0 Å². The fourth-order valence-corrected chi connectivity index (χ4v) is 3.15. The molecule has 0 aliphatic rings. The summed E-state index contributed by atoms with van der Waals surface area (Å²) in [5, 5.41) is 4.19. The molecule has 1 aromatic heterocycles. The highest BCUT2D eigenvalue weighted by Gasteiger charge is 2.20. The Bertz CT molecular complexity index is 429. The molecule has 0 radical (unpaired) electrons.